The van der Waals surface area contributed by atoms with Gasteiger partial charge < -0.3 is 20.5 Å². The number of nitrogens with one attached hydrogen (secondary N) is 1. The quantitative estimate of drug-likeness (QED) is 0.478. The second-order valence-corrected chi connectivity index (χ2v) is 2.51. The van der Waals surface area contributed by atoms with Crippen LogP contribution in [0.5, 0.6) is 0 Å². The number of ether oxygens (including phenoxy) is 2. The highest BCUT2D eigenvalue weighted by Crippen LogP contribution is 1.75. The Kier molecular flexibility index (Phi) is 7.77. The fourth-order valence-corrected chi connectivity index (χ4v) is 0.681. The lowest BCUT2D eigenvalue weighted by atomic mass is 10.6. The van der Waals surface area contributed by atoms with Crippen molar-refractivity contribution in [3.63, 3.8) is 0 Å². The van der Waals surface area contributed by atoms with Crippen molar-refractivity contribution in [3.8, 4) is 0 Å². The van der Waals surface area contributed by atoms with Gasteiger partial charge in [-0.05, 0) is 6.92 Å². The molecule has 0 atom stereocenters. The summed E-state index contributed by atoms with van der Waals surface area (Å²) in [6.45, 7) is 2.85. The summed E-state index contributed by atoms with van der Waals surface area (Å²) in [5, 5.41) is 2.55. The highest BCUT2D eigenvalue weighted by atomic mass is 16.5. The van der Waals surface area contributed by atoms with Gasteiger partial charge in [0.25, 0.3) is 0 Å². The monoisotopic (exact) mass is 204 g/mol. The van der Waals surface area contributed by atoms with E-state index >= 15 is 0 Å². The van der Waals surface area contributed by atoms with Gasteiger partial charge in [-0.15, -0.1) is 0 Å². The lowest BCUT2D eigenvalue weighted by molar-refractivity contribution is -0.125. The molecule has 0 bridgehead atoms. The summed E-state index contributed by atoms with van der Waals surface area (Å²) in [5.74, 6) is -0.722. The molecule has 0 heterocycles. The molecule has 0 aromatic rings. The zero-order valence-corrected chi connectivity index (χ0v) is 8.25. The van der Waals surface area contributed by atoms with E-state index in [1.54, 1.807) is 0 Å². The zero-order valence-electron chi connectivity index (χ0n) is 8.25. The zero-order chi connectivity index (χ0) is 10.8. The minimum Gasteiger partial charge on any atom is -0.372 e. The summed E-state index contributed by atoms with van der Waals surface area (Å²) >= 11 is 0. The van der Waals surface area contributed by atoms with Crippen LogP contribution < -0.4 is 11.1 Å². The van der Waals surface area contributed by atoms with E-state index in [0.29, 0.717) is 13.2 Å². The van der Waals surface area contributed by atoms with Gasteiger partial charge in [0.2, 0.25) is 11.8 Å². The maximum atomic E-state index is 10.9. The fraction of sp³-hybridized carbons (Fsp3) is 0.750. The van der Waals surface area contributed by atoms with Gasteiger partial charge in [-0.3, -0.25) is 9.59 Å². The van der Waals surface area contributed by atoms with Gasteiger partial charge in [0.05, 0.1) is 6.61 Å². The van der Waals surface area contributed by atoms with E-state index in [2.05, 4.69) is 5.32 Å². The second-order valence-electron chi connectivity index (χ2n) is 2.51. The highest BCUT2D eigenvalue weighted by Gasteiger charge is 1.99. The third kappa shape index (κ3) is 8.95. The van der Waals surface area contributed by atoms with Crippen LogP contribution in [0.3, 0.4) is 0 Å². The number of primary amides is 1. The first kappa shape index (κ1) is 12.9. The van der Waals surface area contributed by atoms with Crippen molar-refractivity contribution >= 4 is 11.8 Å². The fourth-order valence-electron chi connectivity index (χ4n) is 0.681. The van der Waals surface area contributed by atoms with Gasteiger partial charge in [-0.1, -0.05) is 0 Å². The molecule has 0 rings (SSSR count). The molecule has 0 saturated heterocycles. The summed E-state index contributed by atoms with van der Waals surface area (Å²) in [7, 11) is 0. The molecule has 0 saturated carbocycles. The van der Waals surface area contributed by atoms with Crippen molar-refractivity contribution in [2.75, 3.05) is 33.0 Å². The Morgan fingerprint density at radius 1 is 1.29 bits per heavy atom. The summed E-state index contributed by atoms with van der Waals surface area (Å²) in [4.78, 5) is 21.1. The molecule has 0 aromatic heterocycles. The molecule has 0 aliphatic heterocycles. The third-order valence-corrected chi connectivity index (χ3v) is 1.25. The molecule has 14 heavy (non-hydrogen) atoms. The first-order chi connectivity index (χ1) is 6.66. The van der Waals surface area contributed by atoms with Crippen molar-refractivity contribution < 1.29 is 19.1 Å². The van der Waals surface area contributed by atoms with Gasteiger partial charge >= 0.3 is 0 Å². The average Bonchev–Trinajstić information content (AvgIpc) is 2.13. The Morgan fingerprint density at radius 2 is 2.00 bits per heavy atom. The van der Waals surface area contributed by atoms with Crippen LogP contribution in [0.15, 0.2) is 0 Å². The van der Waals surface area contributed by atoms with Gasteiger partial charge in [0.15, 0.2) is 0 Å². The molecule has 2 amide bonds. The van der Waals surface area contributed by atoms with Gasteiger partial charge in [-0.25, -0.2) is 0 Å². The Balaban J connectivity index is 3.19. The average molecular weight is 204 g/mol. The van der Waals surface area contributed by atoms with Gasteiger partial charge in [0.1, 0.15) is 13.2 Å². The van der Waals surface area contributed by atoms with E-state index in [0.717, 1.165) is 0 Å². The number of hydrogen-bond acceptors (Lipinski definition) is 4. The Labute approximate surface area is 82.7 Å². The van der Waals surface area contributed by atoms with Gasteiger partial charge in [-0.2, -0.15) is 0 Å². The van der Waals surface area contributed by atoms with E-state index in [1.165, 1.54) is 0 Å². The first-order valence-electron chi connectivity index (χ1n) is 4.37. The van der Waals surface area contributed by atoms with Crippen molar-refractivity contribution in [3.05, 3.63) is 0 Å². The molecular formula is C8H16N2O4. The molecule has 0 aliphatic carbocycles. The largest absolute Gasteiger partial charge is 0.372 e. The number of carbonyl (C=O) groups excluding carboxylic acids is 2. The van der Waals surface area contributed by atoms with Crippen LogP contribution in [0.1, 0.15) is 6.92 Å². The number of carbonyl (C=O) groups is 2. The molecule has 0 aliphatic rings. The first-order valence-corrected chi connectivity index (χ1v) is 4.37. The summed E-state index contributed by atoms with van der Waals surface area (Å²) < 4.78 is 9.68. The normalized spacial score (nSPS) is 9.79. The maximum Gasteiger partial charge on any atom is 0.246 e. The van der Waals surface area contributed by atoms with Crippen LogP contribution in [0.4, 0.5) is 0 Å². The van der Waals surface area contributed by atoms with E-state index < -0.39 is 5.91 Å². The van der Waals surface area contributed by atoms with Crippen LogP contribution in [0.25, 0.3) is 0 Å². The molecule has 0 aromatic carbocycles. The number of nitrogens with two attached hydrogens (primary N) is 1. The summed E-state index contributed by atoms with van der Waals surface area (Å²) in [5.41, 5.74) is 4.83. The van der Waals surface area contributed by atoms with E-state index in [4.69, 9.17) is 15.2 Å². The molecular weight excluding hydrogens is 188 g/mol. The van der Waals surface area contributed by atoms with Crippen LogP contribution >= 0.6 is 0 Å². The lowest BCUT2D eigenvalue weighted by Crippen LogP contribution is -2.31. The molecule has 6 heteroatoms. The smallest absolute Gasteiger partial charge is 0.246 e. The highest BCUT2D eigenvalue weighted by molar-refractivity contribution is 5.77. The standard InChI is InChI=1S/C8H16N2O4/c1-2-13-6-8(12)10-3-4-14-5-7(9)11/h2-6H2,1H3,(H2,9,11)(H,10,12). The predicted molar refractivity (Wildman–Crippen MR) is 49.5 cm³/mol. The topological polar surface area (TPSA) is 90.7 Å². The Hall–Kier alpha value is -1.14. The molecule has 3 N–H and O–H groups in total. The van der Waals surface area contributed by atoms with Crippen molar-refractivity contribution in [1.29, 1.82) is 0 Å². The van der Waals surface area contributed by atoms with Crippen molar-refractivity contribution in [2.24, 2.45) is 5.73 Å². The predicted octanol–water partition coefficient (Wildman–Crippen LogP) is -1.36. The molecule has 0 unspecified atom stereocenters. The third-order valence-electron chi connectivity index (χ3n) is 1.25. The van der Waals surface area contributed by atoms with Crippen LogP contribution in [0.2, 0.25) is 0 Å². The Bertz CT molecular complexity index is 184. The summed E-state index contributed by atoms with van der Waals surface area (Å²) in [6, 6.07) is 0. The second kappa shape index (κ2) is 8.46. The minimum atomic E-state index is -0.523. The summed E-state index contributed by atoms with van der Waals surface area (Å²) in [6.07, 6.45) is 0. The lowest BCUT2D eigenvalue weighted by Gasteiger charge is -2.04. The van der Waals surface area contributed by atoms with Gasteiger partial charge in [0, 0.05) is 13.2 Å². The number of amides is 2. The SMILES string of the molecule is CCOCC(=O)NCCOCC(N)=O. The number of rotatable bonds is 8. The molecule has 6 nitrogen and oxygen atoms in total. The molecule has 0 spiro atoms. The van der Waals surface area contributed by atoms with Crippen molar-refractivity contribution in [2.45, 2.75) is 6.92 Å². The maximum absolute atomic E-state index is 10.9. The van der Waals surface area contributed by atoms with E-state index in [1.807, 2.05) is 6.92 Å². The van der Waals surface area contributed by atoms with E-state index in [-0.39, 0.29) is 25.7 Å². The number of hydrogen-bond donors (Lipinski definition) is 2. The van der Waals surface area contributed by atoms with Crippen LogP contribution in [-0.4, -0.2) is 44.8 Å². The van der Waals surface area contributed by atoms with Crippen molar-refractivity contribution in [1.82, 2.24) is 5.32 Å². The molecule has 0 fully saturated rings. The molecule has 0 radical (unpaired) electrons. The molecule has 82 valence electrons. The minimum absolute atomic E-state index is 0.0479. The van der Waals surface area contributed by atoms with Crippen LogP contribution in [0, 0.1) is 0 Å². The Morgan fingerprint density at radius 3 is 2.57 bits per heavy atom. The van der Waals surface area contributed by atoms with E-state index in [9.17, 15) is 9.59 Å². The van der Waals surface area contributed by atoms with Crippen LogP contribution in [-0.2, 0) is 19.1 Å².